The average Bonchev–Trinajstić information content (AvgIpc) is 2.59. The summed E-state index contributed by atoms with van der Waals surface area (Å²) in [6.07, 6.45) is 0. The second-order valence-electron chi connectivity index (χ2n) is 4.86. The van der Waals surface area contributed by atoms with Gasteiger partial charge in [-0.2, -0.15) is 0 Å². The molecule has 0 spiro atoms. The van der Waals surface area contributed by atoms with Crippen molar-refractivity contribution < 1.29 is 4.21 Å². The van der Waals surface area contributed by atoms with E-state index in [9.17, 15) is 4.21 Å². The van der Waals surface area contributed by atoms with Crippen molar-refractivity contribution in [1.82, 2.24) is 0 Å². The molecule has 0 heterocycles. The first-order valence-corrected chi connectivity index (χ1v) is 7.59. The van der Waals surface area contributed by atoms with Crippen molar-refractivity contribution in [1.29, 1.82) is 0 Å². The molecule has 0 saturated heterocycles. The Labute approximate surface area is 128 Å². The monoisotopic (exact) mass is 291 g/mol. The fourth-order valence-corrected chi connectivity index (χ4v) is 3.36. The molecular weight excluding hydrogens is 276 g/mol. The van der Waals surface area contributed by atoms with Crippen LogP contribution < -0.4 is 0 Å². The van der Waals surface area contributed by atoms with Gasteiger partial charge in [-0.1, -0.05) is 91.0 Å². The van der Waals surface area contributed by atoms with Crippen LogP contribution in [0.1, 0.15) is 16.7 Å². The Balaban J connectivity index is 2.31. The predicted molar refractivity (Wildman–Crippen MR) is 87.3 cm³/mol. The fourth-order valence-electron chi connectivity index (χ4n) is 2.66. The number of hydrogen-bond acceptors (Lipinski definition) is 1. The molecule has 0 radical (unpaired) electrons. The van der Waals surface area contributed by atoms with Crippen LogP contribution in [0.25, 0.3) is 0 Å². The molecule has 0 amide bonds. The SMILES string of the molecule is O=[S+]C(c1ccccc1)(c1ccccc1)c1ccccc1. The van der Waals surface area contributed by atoms with E-state index in [0.29, 0.717) is 11.7 Å². The van der Waals surface area contributed by atoms with E-state index in [-0.39, 0.29) is 0 Å². The predicted octanol–water partition coefficient (Wildman–Crippen LogP) is 4.41. The maximum Gasteiger partial charge on any atom is 0.481 e. The quantitative estimate of drug-likeness (QED) is 0.514. The van der Waals surface area contributed by atoms with E-state index >= 15 is 0 Å². The van der Waals surface area contributed by atoms with Gasteiger partial charge in [0.1, 0.15) is 0 Å². The summed E-state index contributed by atoms with van der Waals surface area (Å²) in [5.41, 5.74) is 3.01. The first-order valence-electron chi connectivity index (χ1n) is 6.85. The van der Waals surface area contributed by atoms with E-state index in [4.69, 9.17) is 0 Å². The maximum absolute atomic E-state index is 12.3. The van der Waals surface area contributed by atoms with Crippen molar-refractivity contribution in [2.45, 2.75) is 4.75 Å². The van der Waals surface area contributed by atoms with Gasteiger partial charge in [0.05, 0.1) is 0 Å². The molecule has 0 unspecified atom stereocenters. The number of rotatable bonds is 4. The van der Waals surface area contributed by atoms with E-state index in [1.807, 2.05) is 91.0 Å². The van der Waals surface area contributed by atoms with Crippen LogP contribution in [0.2, 0.25) is 0 Å². The molecule has 0 N–H and O–H groups in total. The standard InChI is InChI=1S/C19H15OS/c20-21-19(16-10-4-1-5-11-16,17-12-6-2-7-13-17)18-14-8-3-9-15-18/h1-15H/q+1. The molecule has 21 heavy (non-hydrogen) atoms. The molecule has 2 heteroatoms. The summed E-state index contributed by atoms with van der Waals surface area (Å²) in [5.74, 6) is 0. The van der Waals surface area contributed by atoms with Crippen LogP contribution >= 0.6 is 0 Å². The highest BCUT2D eigenvalue weighted by atomic mass is 32.1. The van der Waals surface area contributed by atoms with Crippen LogP contribution in [-0.2, 0) is 20.6 Å². The molecule has 0 aliphatic heterocycles. The van der Waals surface area contributed by atoms with Gasteiger partial charge in [-0.15, -0.1) is 0 Å². The third-order valence-corrected chi connectivity index (χ3v) is 4.62. The Morgan fingerprint density at radius 3 is 1.05 bits per heavy atom. The smallest absolute Gasteiger partial charge is 0.0622 e. The van der Waals surface area contributed by atoms with Gasteiger partial charge in [0.25, 0.3) is 0 Å². The molecule has 0 bridgehead atoms. The van der Waals surface area contributed by atoms with Crippen LogP contribution in [0.15, 0.2) is 91.0 Å². The molecule has 0 atom stereocenters. The molecular formula is C19H15OS+. The zero-order chi connectivity index (χ0) is 14.5. The Kier molecular flexibility index (Phi) is 3.89. The van der Waals surface area contributed by atoms with E-state index < -0.39 is 4.75 Å². The molecule has 3 rings (SSSR count). The van der Waals surface area contributed by atoms with E-state index in [2.05, 4.69) is 0 Å². The molecule has 1 nitrogen and oxygen atoms in total. The van der Waals surface area contributed by atoms with Gasteiger partial charge in [-0.25, -0.2) is 0 Å². The molecule has 0 aromatic heterocycles. The molecule has 0 aliphatic carbocycles. The number of benzene rings is 3. The summed E-state index contributed by atoms with van der Waals surface area (Å²) in [6, 6.07) is 29.9. The van der Waals surface area contributed by atoms with Crippen LogP contribution in [0, 0.1) is 0 Å². The third-order valence-electron chi connectivity index (χ3n) is 3.67. The van der Waals surface area contributed by atoms with Gasteiger partial charge in [-0.3, -0.25) is 0 Å². The number of hydrogen-bond donors (Lipinski definition) is 0. The average molecular weight is 291 g/mol. The Morgan fingerprint density at radius 1 is 0.524 bits per heavy atom. The summed E-state index contributed by atoms with van der Waals surface area (Å²) in [7, 11) is 0. The van der Waals surface area contributed by atoms with Crippen LogP contribution in [0.4, 0.5) is 0 Å². The van der Waals surface area contributed by atoms with E-state index in [0.717, 1.165) is 16.7 Å². The second-order valence-corrected chi connectivity index (χ2v) is 5.64. The molecule has 3 aromatic carbocycles. The minimum absolute atomic E-state index is 0.627. The van der Waals surface area contributed by atoms with Crippen molar-refractivity contribution in [3.63, 3.8) is 0 Å². The topological polar surface area (TPSA) is 17.1 Å². The fraction of sp³-hybridized carbons (Fsp3) is 0.0526. The summed E-state index contributed by atoms with van der Waals surface area (Å²) >= 11 is 0.627. The van der Waals surface area contributed by atoms with Crippen molar-refractivity contribution in [2.24, 2.45) is 0 Å². The summed E-state index contributed by atoms with van der Waals surface area (Å²) < 4.78 is 11.6. The normalized spacial score (nSPS) is 11.0. The Morgan fingerprint density at radius 2 is 0.810 bits per heavy atom. The molecule has 0 fully saturated rings. The lowest BCUT2D eigenvalue weighted by molar-refractivity contribution is 0.594. The van der Waals surface area contributed by atoms with Gasteiger partial charge in [0.2, 0.25) is 0 Å². The zero-order valence-corrected chi connectivity index (χ0v) is 12.3. The Bertz CT molecular complexity index is 612. The summed E-state index contributed by atoms with van der Waals surface area (Å²) in [6.45, 7) is 0. The molecule has 0 saturated carbocycles. The molecule has 3 aromatic rings. The second kappa shape index (κ2) is 5.98. The van der Waals surface area contributed by atoms with Crippen molar-refractivity contribution >= 4 is 11.7 Å². The zero-order valence-electron chi connectivity index (χ0n) is 11.5. The summed E-state index contributed by atoms with van der Waals surface area (Å²) in [5, 5.41) is 0. The van der Waals surface area contributed by atoms with Gasteiger partial charge in [0.15, 0.2) is 0 Å². The lowest BCUT2D eigenvalue weighted by atomic mass is 9.84. The van der Waals surface area contributed by atoms with E-state index in [1.54, 1.807) is 0 Å². The van der Waals surface area contributed by atoms with Crippen LogP contribution in [0.5, 0.6) is 0 Å². The van der Waals surface area contributed by atoms with Crippen molar-refractivity contribution in [2.75, 3.05) is 0 Å². The summed E-state index contributed by atoms with van der Waals surface area (Å²) in [4.78, 5) is 0. The van der Waals surface area contributed by atoms with Gasteiger partial charge in [-0.05, 0) is 0 Å². The van der Waals surface area contributed by atoms with E-state index in [1.165, 1.54) is 0 Å². The van der Waals surface area contributed by atoms with Crippen LogP contribution in [0.3, 0.4) is 0 Å². The highest BCUT2D eigenvalue weighted by Gasteiger charge is 2.50. The minimum atomic E-state index is -0.718. The first-order chi connectivity index (χ1) is 10.4. The highest BCUT2D eigenvalue weighted by molar-refractivity contribution is 7.67. The van der Waals surface area contributed by atoms with Crippen LogP contribution in [-0.4, -0.2) is 0 Å². The molecule has 102 valence electrons. The van der Waals surface area contributed by atoms with Gasteiger partial charge in [0, 0.05) is 20.9 Å². The van der Waals surface area contributed by atoms with Crippen molar-refractivity contribution in [3.05, 3.63) is 108 Å². The van der Waals surface area contributed by atoms with Gasteiger partial charge < -0.3 is 0 Å². The third kappa shape index (κ3) is 2.39. The molecule has 0 aliphatic rings. The first kappa shape index (κ1) is 13.7. The lowest BCUT2D eigenvalue weighted by Gasteiger charge is -2.19. The highest BCUT2D eigenvalue weighted by Crippen LogP contribution is 2.38. The minimum Gasteiger partial charge on any atom is -0.0622 e. The lowest BCUT2D eigenvalue weighted by Crippen LogP contribution is -2.28. The Hall–Kier alpha value is -2.32. The van der Waals surface area contributed by atoms with Crippen molar-refractivity contribution in [3.8, 4) is 0 Å². The van der Waals surface area contributed by atoms with Gasteiger partial charge >= 0.3 is 16.4 Å². The largest absolute Gasteiger partial charge is 0.481 e. The maximum atomic E-state index is 12.3.